The van der Waals surface area contributed by atoms with Gasteiger partial charge in [-0.25, -0.2) is 13.4 Å². The van der Waals surface area contributed by atoms with Crippen molar-refractivity contribution < 1.29 is 13.2 Å². The first-order valence-electron chi connectivity index (χ1n) is 9.03. The van der Waals surface area contributed by atoms with Crippen molar-refractivity contribution in [3.63, 3.8) is 0 Å². The zero-order valence-corrected chi connectivity index (χ0v) is 17.3. The van der Waals surface area contributed by atoms with Crippen LogP contribution >= 0.6 is 11.8 Å². The minimum absolute atomic E-state index is 0.138. The minimum Gasteiger partial charge on any atom is -0.346 e. The number of amides is 1. The van der Waals surface area contributed by atoms with E-state index in [0.29, 0.717) is 5.69 Å². The van der Waals surface area contributed by atoms with Crippen molar-refractivity contribution in [1.82, 2.24) is 15.3 Å². The molecule has 3 heterocycles. The highest BCUT2D eigenvalue weighted by Gasteiger charge is 2.23. The Morgan fingerprint density at radius 3 is 3.00 bits per heavy atom. The quantitative estimate of drug-likeness (QED) is 0.559. The maximum absolute atomic E-state index is 12.5. The summed E-state index contributed by atoms with van der Waals surface area (Å²) in [6.45, 7) is 0. The van der Waals surface area contributed by atoms with Crippen LogP contribution in [-0.2, 0) is 21.2 Å². The maximum Gasteiger partial charge on any atom is 0.229 e. The number of hydrogen-bond acceptors (Lipinski definition) is 5. The zero-order valence-electron chi connectivity index (χ0n) is 15.7. The van der Waals surface area contributed by atoms with Gasteiger partial charge in [-0.05, 0) is 41.8 Å². The van der Waals surface area contributed by atoms with Gasteiger partial charge in [0, 0.05) is 28.7 Å². The van der Waals surface area contributed by atoms with Gasteiger partial charge < -0.3 is 10.3 Å². The average molecular weight is 429 g/mol. The molecule has 150 valence electrons. The average Bonchev–Trinajstić information content (AvgIpc) is 3.27. The summed E-state index contributed by atoms with van der Waals surface area (Å²) in [6.07, 6.45) is 7.86. The number of H-pyrrole nitrogens is 1. The molecule has 0 saturated carbocycles. The monoisotopic (exact) mass is 428 g/mol. The van der Waals surface area contributed by atoms with E-state index in [0.717, 1.165) is 34.3 Å². The molecule has 9 heteroatoms. The molecule has 0 bridgehead atoms. The van der Waals surface area contributed by atoms with E-state index in [2.05, 4.69) is 20.0 Å². The fourth-order valence-corrected chi connectivity index (χ4v) is 5.05. The van der Waals surface area contributed by atoms with Crippen molar-refractivity contribution in [2.45, 2.75) is 18.1 Å². The van der Waals surface area contributed by atoms with E-state index in [1.54, 1.807) is 42.2 Å². The van der Waals surface area contributed by atoms with Crippen molar-refractivity contribution in [2.24, 2.45) is 0 Å². The van der Waals surface area contributed by atoms with Crippen LogP contribution in [0.15, 0.2) is 59.9 Å². The fourth-order valence-electron chi connectivity index (χ4n) is 3.30. The number of benzene rings is 1. The van der Waals surface area contributed by atoms with Gasteiger partial charge in [0.2, 0.25) is 15.9 Å². The van der Waals surface area contributed by atoms with Gasteiger partial charge in [0.25, 0.3) is 0 Å². The largest absolute Gasteiger partial charge is 0.346 e. The van der Waals surface area contributed by atoms with E-state index in [9.17, 15) is 13.2 Å². The number of rotatable bonds is 6. The molecular formula is C20H20N4O3S2. The van der Waals surface area contributed by atoms with Crippen LogP contribution in [0, 0.1) is 0 Å². The van der Waals surface area contributed by atoms with Crippen LogP contribution in [0.1, 0.15) is 22.8 Å². The zero-order chi connectivity index (χ0) is 20.4. The predicted octanol–water partition coefficient (Wildman–Crippen LogP) is 3.31. The van der Waals surface area contributed by atoms with Gasteiger partial charge in [0.15, 0.2) is 0 Å². The Morgan fingerprint density at radius 2 is 2.17 bits per heavy atom. The summed E-state index contributed by atoms with van der Waals surface area (Å²) in [7, 11) is -3.35. The first-order valence-corrected chi connectivity index (χ1v) is 11.8. The first kappa shape index (κ1) is 19.5. The van der Waals surface area contributed by atoms with Gasteiger partial charge in [0.1, 0.15) is 5.65 Å². The number of nitrogens with zero attached hydrogens (tertiary/aromatic N) is 1. The summed E-state index contributed by atoms with van der Waals surface area (Å²) >= 11 is 1.62. The summed E-state index contributed by atoms with van der Waals surface area (Å²) in [5.41, 5.74) is 3.22. The number of pyridine rings is 1. The molecule has 4 rings (SSSR count). The lowest BCUT2D eigenvalue weighted by atomic mass is 10.1. The van der Waals surface area contributed by atoms with Gasteiger partial charge in [-0.2, -0.15) is 0 Å². The van der Waals surface area contributed by atoms with Gasteiger partial charge in [-0.15, -0.1) is 11.8 Å². The highest BCUT2D eigenvalue weighted by molar-refractivity contribution is 8.03. The second-order valence-electron chi connectivity index (χ2n) is 6.85. The Bertz CT molecular complexity index is 1200. The molecule has 0 saturated heterocycles. The highest BCUT2D eigenvalue weighted by Crippen LogP contribution is 2.44. The number of sulfonamides is 1. The topological polar surface area (TPSA) is 104 Å². The molecule has 3 aromatic rings. The smallest absolute Gasteiger partial charge is 0.229 e. The maximum atomic E-state index is 12.5. The number of nitrogens with one attached hydrogen (secondary N) is 3. The molecule has 0 fully saturated rings. The molecule has 0 aliphatic carbocycles. The van der Waals surface area contributed by atoms with Crippen LogP contribution in [0.2, 0.25) is 0 Å². The van der Waals surface area contributed by atoms with Crippen LogP contribution in [0.3, 0.4) is 0 Å². The number of thioether (sulfide) groups is 1. The summed E-state index contributed by atoms with van der Waals surface area (Å²) < 4.78 is 25.2. The van der Waals surface area contributed by atoms with E-state index >= 15 is 0 Å². The lowest BCUT2D eigenvalue weighted by Gasteiger charge is -2.11. The molecule has 3 N–H and O–H groups in total. The Morgan fingerprint density at radius 1 is 1.31 bits per heavy atom. The Hall–Kier alpha value is -2.78. The third-order valence-electron chi connectivity index (χ3n) is 4.47. The van der Waals surface area contributed by atoms with Crippen LogP contribution in [-0.4, -0.2) is 30.5 Å². The summed E-state index contributed by atoms with van der Waals surface area (Å²) in [4.78, 5) is 20.0. The summed E-state index contributed by atoms with van der Waals surface area (Å²) in [5, 5.41) is 5.12. The molecular weight excluding hydrogens is 408 g/mol. The molecule has 1 aliphatic heterocycles. The molecule has 0 spiro atoms. The van der Waals surface area contributed by atoms with Crippen molar-refractivity contribution in [1.29, 1.82) is 0 Å². The SMILES string of the molecule is CS(=O)(=O)Nc1cccc(CC(=O)NC2=CCC(c3c[nH]c4ncccc34)S2)c1. The van der Waals surface area contributed by atoms with Gasteiger partial charge in [0.05, 0.1) is 17.7 Å². The van der Waals surface area contributed by atoms with Crippen molar-refractivity contribution in [2.75, 3.05) is 11.0 Å². The second kappa shape index (κ2) is 7.92. The van der Waals surface area contributed by atoms with Crippen molar-refractivity contribution in [3.8, 4) is 0 Å². The van der Waals surface area contributed by atoms with Crippen LogP contribution < -0.4 is 10.0 Å². The predicted molar refractivity (Wildman–Crippen MR) is 116 cm³/mol. The van der Waals surface area contributed by atoms with Crippen LogP contribution in [0.4, 0.5) is 5.69 Å². The van der Waals surface area contributed by atoms with Crippen molar-refractivity contribution in [3.05, 3.63) is 71.0 Å². The lowest BCUT2D eigenvalue weighted by molar-refractivity contribution is -0.119. The van der Waals surface area contributed by atoms with E-state index in [-0.39, 0.29) is 17.6 Å². The van der Waals surface area contributed by atoms with E-state index in [1.165, 1.54) is 5.56 Å². The van der Waals surface area contributed by atoms with E-state index < -0.39 is 10.0 Å². The summed E-state index contributed by atoms with van der Waals surface area (Å²) in [6, 6.07) is 10.8. The number of aromatic nitrogens is 2. The van der Waals surface area contributed by atoms with E-state index in [4.69, 9.17) is 0 Å². The lowest BCUT2D eigenvalue weighted by Crippen LogP contribution is -2.22. The number of carbonyl (C=O) groups excluding carboxylic acids is 1. The second-order valence-corrected chi connectivity index (χ2v) is 9.85. The number of aromatic amines is 1. The molecule has 1 aromatic carbocycles. The van der Waals surface area contributed by atoms with Crippen LogP contribution in [0.5, 0.6) is 0 Å². The van der Waals surface area contributed by atoms with E-state index in [1.807, 2.05) is 24.4 Å². The Kier molecular flexibility index (Phi) is 5.33. The molecule has 0 radical (unpaired) electrons. The Balaban J connectivity index is 1.37. The van der Waals surface area contributed by atoms with Crippen LogP contribution in [0.25, 0.3) is 11.0 Å². The standard InChI is InChI=1S/C20H20N4O3S2/c1-29(26,27)24-14-5-2-4-13(10-14)11-18(25)23-19-8-7-17(28-19)16-12-22-20-15(16)6-3-9-21-20/h2-6,8-10,12,17,24H,7,11H2,1H3,(H,21,22)(H,23,25). The van der Waals surface area contributed by atoms with Gasteiger partial charge in [-0.1, -0.05) is 18.2 Å². The molecule has 1 unspecified atom stereocenters. The third-order valence-corrected chi connectivity index (χ3v) is 6.33. The van der Waals surface area contributed by atoms with Gasteiger partial charge >= 0.3 is 0 Å². The Labute approximate surface area is 173 Å². The number of anilines is 1. The normalized spacial score (nSPS) is 16.6. The molecule has 1 aliphatic rings. The first-order chi connectivity index (χ1) is 13.9. The molecule has 1 amide bonds. The molecule has 7 nitrogen and oxygen atoms in total. The fraction of sp³-hybridized carbons (Fsp3) is 0.200. The molecule has 2 aromatic heterocycles. The highest BCUT2D eigenvalue weighted by atomic mass is 32.2. The number of fused-ring (bicyclic) bond motifs is 1. The number of hydrogen-bond donors (Lipinski definition) is 3. The number of carbonyl (C=O) groups is 1. The third kappa shape index (κ3) is 4.80. The number of allylic oxidation sites excluding steroid dienone is 1. The van der Waals surface area contributed by atoms with Crippen molar-refractivity contribution >= 4 is 44.4 Å². The molecule has 29 heavy (non-hydrogen) atoms. The molecule has 1 atom stereocenters. The van der Waals surface area contributed by atoms with Gasteiger partial charge in [-0.3, -0.25) is 9.52 Å². The minimum atomic E-state index is -3.35. The summed E-state index contributed by atoms with van der Waals surface area (Å²) in [5.74, 6) is -0.138.